The lowest BCUT2D eigenvalue weighted by atomic mass is 10.2. The Morgan fingerprint density at radius 3 is 2.29 bits per heavy atom. The summed E-state index contributed by atoms with van der Waals surface area (Å²) in [5.74, 6) is -1.96. The van der Waals surface area contributed by atoms with Crippen LogP contribution in [0.4, 0.5) is 4.39 Å². The third kappa shape index (κ3) is 5.57. The SMILES string of the molecule is CCN(CC(=O)O)C(=O)CCCN(C)S(=O)(=O)c1ccc(F)cc1. The fraction of sp³-hybridized carbons (Fsp3) is 0.467. The van der Waals surface area contributed by atoms with Crippen molar-refractivity contribution in [2.45, 2.75) is 24.7 Å². The fourth-order valence-corrected chi connectivity index (χ4v) is 3.27. The summed E-state index contributed by atoms with van der Waals surface area (Å²) in [6.07, 6.45) is 0.302. The number of aliphatic carboxylic acids is 1. The number of benzene rings is 1. The molecule has 1 N–H and O–H groups in total. The van der Waals surface area contributed by atoms with E-state index in [1.807, 2.05) is 0 Å². The van der Waals surface area contributed by atoms with Crippen LogP contribution < -0.4 is 0 Å². The van der Waals surface area contributed by atoms with Gasteiger partial charge in [0.2, 0.25) is 15.9 Å². The molecule has 1 amide bonds. The molecule has 24 heavy (non-hydrogen) atoms. The van der Waals surface area contributed by atoms with E-state index in [4.69, 9.17) is 5.11 Å². The van der Waals surface area contributed by atoms with Crippen molar-refractivity contribution in [2.24, 2.45) is 0 Å². The smallest absolute Gasteiger partial charge is 0.323 e. The monoisotopic (exact) mass is 360 g/mol. The standard InChI is InChI=1S/C15H21FN2O5S/c1-3-18(11-15(20)21)14(19)5-4-10-17(2)24(22,23)13-8-6-12(16)7-9-13/h6-9H,3-5,10-11H2,1-2H3,(H,20,21). The molecule has 0 aliphatic carbocycles. The van der Waals surface area contributed by atoms with Crippen molar-refractivity contribution in [3.8, 4) is 0 Å². The number of hydrogen-bond donors (Lipinski definition) is 1. The van der Waals surface area contributed by atoms with E-state index in [9.17, 15) is 22.4 Å². The van der Waals surface area contributed by atoms with E-state index in [1.54, 1.807) is 6.92 Å². The average molecular weight is 360 g/mol. The number of likely N-dealkylation sites (N-methyl/N-ethyl adjacent to an activating group) is 1. The van der Waals surface area contributed by atoms with Gasteiger partial charge in [0.1, 0.15) is 12.4 Å². The first-order chi connectivity index (χ1) is 11.2. The van der Waals surface area contributed by atoms with E-state index < -0.39 is 21.8 Å². The minimum absolute atomic E-state index is 0.0289. The van der Waals surface area contributed by atoms with Crippen LogP contribution in [0.25, 0.3) is 0 Å². The summed E-state index contributed by atoms with van der Waals surface area (Å²) in [4.78, 5) is 23.7. The number of amides is 1. The van der Waals surface area contributed by atoms with Crippen molar-refractivity contribution < 1.29 is 27.5 Å². The molecular weight excluding hydrogens is 339 g/mol. The van der Waals surface area contributed by atoms with Crippen LogP contribution in [0.1, 0.15) is 19.8 Å². The number of sulfonamides is 1. The van der Waals surface area contributed by atoms with Gasteiger partial charge in [-0.05, 0) is 37.6 Å². The molecule has 0 heterocycles. The van der Waals surface area contributed by atoms with Crippen LogP contribution in [0.5, 0.6) is 0 Å². The second kappa shape index (κ2) is 8.74. The highest BCUT2D eigenvalue weighted by molar-refractivity contribution is 7.89. The Kier molecular flexibility index (Phi) is 7.30. The van der Waals surface area contributed by atoms with E-state index in [-0.39, 0.29) is 43.3 Å². The lowest BCUT2D eigenvalue weighted by Crippen LogP contribution is -2.36. The molecule has 0 atom stereocenters. The number of hydrogen-bond acceptors (Lipinski definition) is 4. The predicted molar refractivity (Wildman–Crippen MR) is 85.3 cm³/mol. The Morgan fingerprint density at radius 1 is 1.21 bits per heavy atom. The van der Waals surface area contributed by atoms with Gasteiger partial charge in [0.05, 0.1) is 4.90 Å². The van der Waals surface area contributed by atoms with Crippen LogP contribution in [-0.4, -0.2) is 61.3 Å². The fourth-order valence-electron chi connectivity index (χ4n) is 2.06. The largest absolute Gasteiger partial charge is 0.480 e. The summed E-state index contributed by atoms with van der Waals surface area (Å²) in [7, 11) is -2.38. The molecule has 7 nitrogen and oxygen atoms in total. The average Bonchev–Trinajstić information content (AvgIpc) is 2.52. The van der Waals surface area contributed by atoms with Crippen LogP contribution >= 0.6 is 0 Å². The van der Waals surface area contributed by atoms with Gasteiger partial charge in [-0.2, -0.15) is 0 Å². The molecular formula is C15H21FN2O5S. The molecule has 0 saturated heterocycles. The van der Waals surface area contributed by atoms with Gasteiger partial charge in [0, 0.05) is 26.6 Å². The van der Waals surface area contributed by atoms with E-state index in [0.29, 0.717) is 0 Å². The van der Waals surface area contributed by atoms with Crippen LogP contribution in [0.15, 0.2) is 29.2 Å². The molecule has 9 heteroatoms. The second-order valence-corrected chi connectivity index (χ2v) is 7.23. The van der Waals surface area contributed by atoms with E-state index in [2.05, 4.69) is 0 Å². The number of carbonyl (C=O) groups excluding carboxylic acids is 1. The summed E-state index contributed by atoms with van der Waals surface area (Å²) in [6, 6.07) is 4.49. The van der Waals surface area contributed by atoms with Crippen molar-refractivity contribution in [3.63, 3.8) is 0 Å². The second-order valence-electron chi connectivity index (χ2n) is 5.19. The third-order valence-electron chi connectivity index (χ3n) is 3.45. The molecule has 0 aliphatic rings. The maximum absolute atomic E-state index is 12.9. The molecule has 1 rings (SSSR count). The zero-order valence-corrected chi connectivity index (χ0v) is 14.4. The topological polar surface area (TPSA) is 95.0 Å². The van der Waals surface area contributed by atoms with E-state index in [0.717, 1.165) is 16.4 Å². The molecule has 0 saturated carbocycles. The molecule has 134 valence electrons. The maximum Gasteiger partial charge on any atom is 0.323 e. The first-order valence-electron chi connectivity index (χ1n) is 7.40. The Hall–Kier alpha value is -2.00. The Bertz CT molecular complexity index is 676. The molecule has 1 aromatic rings. The number of carboxylic acids is 1. The van der Waals surface area contributed by atoms with Crippen molar-refractivity contribution in [1.82, 2.24) is 9.21 Å². The number of nitrogens with zero attached hydrogens (tertiary/aromatic N) is 2. The van der Waals surface area contributed by atoms with Gasteiger partial charge in [-0.15, -0.1) is 0 Å². The van der Waals surface area contributed by atoms with Gasteiger partial charge in [-0.3, -0.25) is 9.59 Å². The Balaban J connectivity index is 2.59. The maximum atomic E-state index is 12.9. The quantitative estimate of drug-likeness (QED) is 0.713. The van der Waals surface area contributed by atoms with Gasteiger partial charge >= 0.3 is 5.97 Å². The van der Waals surface area contributed by atoms with Gasteiger partial charge in [0.25, 0.3) is 0 Å². The number of carbonyl (C=O) groups is 2. The number of rotatable bonds is 9. The minimum Gasteiger partial charge on any atom is -0.480 e. The molecule has 0 aromatic heterocycles. The van der Waals surface area contributed by atoms with Gasteiger partial charge in [-0.25, -0.2) is 17.1 Å². The lowest BCUT2D eigenvalue weighted by Gasteiger charge is -2.20. The minimum atomic E-state index is -3.75. The Labute approximate surface area is 140 Å². The zero-order chi connectivity index (χ0) is 18.3. The van der Waals surface area contributed by atoms with Crippen LogP contribution in [0.2, 0.25) is 0 Å². The van der Waals surface area contributed by atoms with Crippen molar-refractivity contribution in [1.29, 1.82) is 0 Å². The number of carboxylic acid groups (broad SMARTS) is 1. The highest BCUT2D eigenvalue weighted by Gasteiger charge is 2.21. The summed E-state index contributed by atoms with van der Waals surface area (Å²) in [5.41, 5.74) is 0. The van der Waals surface area contributed by atoms with Gasteiger partial charge in [0.15, 0.2) is 0 Å². The van der Waals surface area contributed by atoms with Crippen LogP contribution in [0, 0.1) is 5.82 Å². The van der Waals surface area contributed by atoms with Crippen molar-refractivity contribution >= 4 is 21.9 Å². The normalized spacial score (nSPS) is 11.5. The summed E-state index contributed by atoms with van der Waals surface area (Å²) >= 11 is 0. The van der Waals surface area contributed by atoms with Crippen LogP contribution in [-0.2, 0) is 19.6 Å². The molecule has 0 unspecified atom stereocenters. The van der Waals surface area contributed by atoms with E-state index >= 15 is 0 Å². The molecule has 0 radical (unpaired) electrons. The molecule has 1 aromatic carbocycles. The van der Waals surface area contributed by atoms with Crippen molar-refractivity contribution in [3.05, 3.63) is 30.1 Å². The first-order valence-corrected chi connectivity index (χ1v) is 8.84. The number of halogens is 1. The van der Waals surface area contributed by atoms with Crippen molar-refractivity contribution in [2.75, 3.05) is 26.7 Å². The predicted octanol–water partition coefficient (Wildman–Crippen LogP) is 1.16. The molecule has 0 aliphatic heterocycles. The molecule has 0 bridgehead atoms. The van der Waals surface area contributed by atoms with Gasteiger partial charge in [-0.1, -0.05) is 0 Å². The summed E-state index contributed by atoms with van der Waals surface area (Å²) in [6.45, 7) is 1.66. The highest BCUT2D eigenvalue weighted by Crippen LogP contribution is 2.15. The first kappa shape index (κ1) is 20.0. The van der Waals surface area contributed by atoms with Crippen LogP contribution in [0.3, 0.4) is 0 Å². The Morgan fingerprint density at radius 2 is 1.79 bits per heavy atom. The highest BCUT2D eigenvalue weighted by atomic mass is 32.2. The summed E-state index contributed by atoms with van der Waals surface area (Å²) < 4.78 is 38.5. The van der Waals surface area contributed by atoms with Gasteiger partial charge < -0.3 is 10.0 Å². The lowest BCUT2D eigenvalue weighted by molar-refractivity contribution is -0.144. The molecule has 0 fully saturated rings. The third-order valence-corrected chi connectivity index (χ3v) is 5.32. The molecule has 0 spiro atoms. The zero-order valence-electron chi connectivity index (χ0n) is 13.6. The summed E-state index contributed by atoms with van der Waals surface area (Å²) in [5, 5.41) is 8.72. The van der Waals surface area contributed by atoms with E-state index in [1.165, 1.54) is 24.1 Å².